The van der Waals surface area contributed by atoms with E-state index in [1.807, 2.05) is 0 Å². The van der Waals surface area contributed by atoms with Gasteiger partial charge in [0.25, 0.3) is 0 Å². The quantitative estimate of drug-likeness (QED) is 0.756. The van der Waals surface area contributed by atoms with E-state index in [4.69, 9.17) is 5.73 Å². The van der Waals surface area contributed by atoms with E-state index >= 15 is 0 Å². The Bertz CT molecular complexity index is 416. The van der Waals surface area contributed by atoms with Gasteiger partial charge in [0.15, 0.2) is 0 Å². The Hall–Kier alpha value is -1.25. The number of benzene rings is 1. The molecular weight excluding hydrogens is 215 g/mol. The highest BCUT2D eigenvalue weighted by molar-refractivity contribution is 5.56. The molecule has 0 unspecified atom stereocenters. The minimum absolute atomic E-state index is 0.185. The molecule has 1 aliphatic carbocycles. The van der Waals surface area contributed by atoms with Crippen LogP contribution in [-0.2, 0) is 0 Å². The predicted octanol–water partition coefficient (Wildman–Crippen LogP) is 3.18. The van der Waals surface area contributed by atoms with Gasteiger partial charge in [-0.05, 0) is 31.0 Å². The van der Waals surface area contributed by atoms with Gasteiger partial charge in [-0.3, -0.25) is 0 Å². The van der Waals surface area contributed by atoms with E-state index in [1.165, 1.54) is 38.2 Å². The van der Waals surface area contributed by atoms with Gasteiger partial charge in [-0.25, -0.2) is 4.39 Å². The number of rotatable bonds is 1. The average Bonchev–Trinajstić information content (AvgIpc) is 2.27. The molecule has 1 spiro atoms. The Kier molecular flexibility index (Phi) is 2.49. The van der Waals surface area contributed by atoms with Crippen LogP contribution in [0.5, 0.6) is 0 Å². The fourth-order valence-corrected chi connectivity index (χ4v) is 3.33. The summed E-state index contributed by atoms with van der Waals surface area (Å²) >= 11 is 0. The lowest BCUT2D eigenvalue weighted by atomic mass is 9.68. The molecular formula is C14H19FN2. The largest absolute Gasteiger partial charge is 0.399 e. The van der Waals surface area contributed by atoms with E-state index in [9.17, 15) is 4.39 Å². The topological polar surface area (TPSA) is 29.3 Å². The molecule has 2 aliphatic rings. The molecule has 1 aromatic carbocycles. The summed E-state index contributed by atoms with van der Waals surface area (Å²) in [5, 5.41) is 0. The number of hydrogen-bond donors (Lipinski definition) is 1. The molecule has 1 saturated carbocycles. The molecule has 1 aromatic rings. The summed E-state index contributed by atoms with van der Waals surface area (Å²) in [6, 6.07) is 5.01. The van der Waals surface area contributed by atoms with Gasteiger partial charge in [-0.15, -0.1) is 0 Å². The molecule has 1 aliphatic heterocycles. The number of halogens is 1. The first-order valence-corrected chi connectivity index (χ1v) is 6.49. The van der Waals surface area contributed by atoms with Crippen molar-refractivity contribution >= 4 is 11.4 Å². The van der Waals surface area contributed by atoms with Gasteiger partial charge in [-0.2, -0.15) is 0 Å². The van der Waals surface area contributed by atoms with Crippen molar-refractivity contribution in [2.24, 2.45) is 5.41 Å². The second kappa shape index (κ2) is 3.90. The third-order valence-corrected chi connectivity index (χ3v) is 4.28. The number of nitrogens with zero attached hydrogens (tertiary/aromatic N) is 1. The Labute approximate surface area is 102 Å². The fraction of sp³-hybridized carbons (Fsp3) is 0.571. The van der Waals surface area contributed by atoms with Crippen LogP contribution >= 0.6 is 0 Å². The predicted molar refractivity (Wildman–Crippen MR) is 68.5 cm³/mol. The molecule has 0 atom stereocenters. The van der Waals surface area contributed by atoms with Crippen molar-refractivity contribution in [1.82, 2.24) is 0 Å². The highest BCUT2D eigenvalue weighted by atomic mass is 19.1. The standard InChI is InChI=1S/C14H19FN2/c15-12-8-11(16)4-5-13(12)17-9-14(10-17)6-2-1-3-7-14/h4-5,8H,1-3,6-7,9-10,16H2. The van der Waals surface area contributed by atoms with Gasteiger partial charge >= 0.3 is 0 Å². The van der Waals surface area contributed by atoms with Gasteiger partial charge in [0.2, 0.25) is 0 Å². The monoisotopic (exact) mass is 234 g/mol. The summed E-state index contributed by atoms with van der Waals surface area (Å²) in [5.41, 5.74) is 7.27. The van der Waals surface area contributed by atoms with Crippen molar-refractivity contribution in [1.29, 1.82) is 0 Å². The molecule has 0 bridgehead atoms. The van der Waals surface area contributed by atoms with Crippen LogP contribution < -0.4 is 10.6 Å². The lowest BCUT2D eigenvalue weighted by molar-refractivity contribution is 0.138. The van der Waals surface area contributed by atoms with Crippen LogP contribution in [-0.4, -0.2) is 13.1 Å². The summed E-state index contributed by atoms with van der Waals surface area (Å²) in [7, 11) is 0. The summed E-state index contributed by atoms with van der Waals surface area (Å²) in [6.07, 6.45) is 6.70. The van der Waals surface area contributed by atoms with Gasteiger partial charge in [0, 0.05) is 24.2 Å². The number of nitrogens with two attached hydrogens (primary N) is 1. The maximum absolute atomic E-state index is 13.8. The molecule has 17 heavy (non-hydrogen) atoms. The van der Waals surface area contributed by atoms with Crippen LogP contribution in [0.2, 0.25) is 0 Å². The molecule has 2 N–H and O–H groups in total. The third-order valence-electron chi connectivity index (χ3n) is 4.28. The minimum Gasteiger partial charge on any atom is -0.399 e. The first kappa shape index (κ1) is 10.9. The average molecular weight is 234 g/mol. The van der Waals surface area contributed by atoms with Crippen molar-refractivity contribution in [2.45, 2.75) is 32.1 Å². The van der Waals surface area contributed by atoms with Gasteiger partial charge in [0.05, 0.1) is 5.69 Å². The molecule has 0 aromatic heterocycles. The van der Waals surface area contributed by atoms with Crippen LogP contribution in [0.25, 0.3) is 0 Å². The molecule has 1 heterocycles. The van der Waals surface area contributed by atoms with Crippen LogP contribution in [0.1, 0.15) is 32.1 Å². The molecule has 1 saturated heterocycles. The van der Waals surface area contributed by atoms with E-state index in [0.29, 0.717) is 11.1 Å². The maximum Gasteiger partial charge on any atom is 0.148 e. The van der Waals surface area contributed by atoms with E-state index in [1.54, 1.807) is 12.1 Å². The molecule has 3 rings (SSSR count). The zero-order valence-corrected chi connectivity index (χ0v) is 10.1. The van der Waals surface area contributed by atoms with Crippen molar-refractivity contribution in [3.8, 4) is 0 Å². The van der Waals surface area contributed by atoms with Crippen molar-refractivity contribution in [3.63, 3.8) is 0 Å². The molecule has 2 fully saturated rings. The molecule has 0 amide bonds. The highest BCUT2D eigenvalue weighted by Crippen LogP contribution is 2.45. The second-order valence-electron chi connectivity index (χ2n) is 5.63. The summed E-state index contributed by atoms with van der Waals surface area (Å²) in [4.78, 5) is 2.15. The lowest BCUT2D eigenvalue weighted by Gasteiger charge is -2.53. The Morgan fingerprint density at radius 2 is 1.82 bits per heavy atom. The zero-order chi connectivity index (χ0) is 11.9. The first-order valence-electron chi connectivity index (χ1n) is 6.49. The van der Waals surface area contributed by atoms with E-state index in [0.717, 1.165) is 18.8 Å². The normalized spacial score (nSPS) is 22.5. The fourth-order valence-electron chi connectivity index (χ4n) is 3.33. The number of hydrogen-bond acceptors (Lipinski definition) is 2. The Morgan fingerprint density at radius 3 is 2.47 bits per heavy atom. The molecule has 0 radical (unpaired) electrons. The van der Waals surface area contributed by atoms with Gasteiger partial charge in [-0.1, -0.05) is 19.3 Å². The van der Waals surface area contributed by atoms with Crippen molar-refractivity contribution < 1.29 is 4.39 Å². The molecule has 2 nitrogen and oxygen atoms in total. The van der Waals surface area contributed by atoms with E-state index in [2.05, 4.69) is 4.90 Å². The summed E-state index contributed by atoms with van der Waals surface area (Å²) < 4.78 is 13.8. The van der Waals surface area contributed by atoms with Gasteiger partial charge < -0.3 is 10.6 Å². The molecule has 3 heteroatoms. The zero-order valence-electron chi connectivity index (χ0n) is 10.1. The lowest BCUT2D eigenvalue weighted by Crippen LogP contribution is -2.57. The smallest absolute Gasteiger partial charge is 0.148 e. The van der Waals surface area contributed by atoms with Gasteiger partial charge in [0.1, 0.15) is 5.82 Å². The molecule has 92 valence electrons. The van der Waals surface area contributed by atoms with Crippen LogP contribution in [0, 0.1) is 11.2 Å². The van der Waals surface area contributed by atoms with Crippen molar-refractivity contribution in [3.05, 3.63) is 24.0 Å². The second-order valence-corrected chi connectivity index (χ2v) is 5.63. The van der Waals surface area contributed by atoms with Crippen LogP contribution in [0.4, 0.5) is 15.8 Å². The number of anilines is 2. The van der Waals surface area contributed by atoms with E-state index < -0.39 is 0 Å². The number of nitrogen functional groups attached to an aromatic ring is 1. The highest BCUT2D eigenvalue weighted by Gasteiger charge is 2.43. The minimum atomic E-state index is -0.185. The maximum atomic E-state index is 13.8. The Morgan fingerprint density at radius 1 is 1.12 bits per heavy atom. The third kappa shape index (κ3) is 1.88. The van der Waals surface area contributed by atoms with Crippen LogP contribution in [0.3, 0.4) is 0 Å². The summed E-state index contributed by atoms with van der Waals surface area (Å²) in [5.74, 6) is -0.185. The first-order chi connectivity index (χ1) is 8.19. The summed E-state index contributed by atoms with van der Waals surface area (Å²) in [6.45, 7) is 2.04. The van der Waals surface area contributed by atoms with Crippen molar-refractivity contribution in [2.75, 3.05) is 23.7 Å². The van der Waals surface area contributed by atoms with Crippen LogP contribution in [0.15, 0.2) is 18.2 Å². The van der Waals surface area contributed by atoms with E-state index in [-0.39, 0.29) is 5.82 Å². The Balaban J connectivity index is 1.72. The SMILES string of the molecule is Nc1ccc(N2CC3(CCCCC3)C2)c(F)c1.